The molecule has 4 nitrogen and oxygen atoms in total. The lowest BCUT2D eigenvalue weighted by Crippen LogP contribution is -2.20. The van der Waals surface area contributed by atoms with Crippen LogP contribution in [0.5, 0.6) is 0 Å². The molecule has 1 saturated carbocycles. The lowest BCUT2D eigenvalue weighted by atomic mass is 9.77. The molecule has 202 valence electrons. The fourth-order valence-corrected chi connectivity index (χ4v) is 5.72. The minimum atomic E-state index is 0.0768. The van der Waals surface area contributed by atoms with Crippen molar-refractivity contribution < 1.29 is 0 Å². The average Bonchev–Trinajstić information content (AvgIpc) is 2.93. The summed E-state index contributed by atoms with van der Waals surface area (Å²) in [6.07, 6.45) is 13.8. The topological polar surface area (TPSA) is 51.6 Å². The number of nitrogens with zero attached hydrogens (tertiary/aromatic N) is 4. The molecule has 1 aliphatic carbocycles. The van der Waals surface area contributed by atoms with Crippen molar-refractivity contribution in [2.24, 2.45) is 5.92 Å². The van der Waals surface area contributed by atoms with Gasteiger partial charge in [0.25, 0.3) is 0 Å². The molecule has 0 amide bonds. The van der Waals surface area contributed by atoms with E-state index in [2.05, 4.69) is 100 Å². The van der Waals surface area contributed by atoms with Crippen LogP contribution in [-0.4, -0.2) is 19.9 Å². The van der Waals surface area contributed by atoms with Crippen molar-refractivity contribution in [2.45, 2.75) is 90.4 Å². The average molecular weight is 519 g/mol. The Morgan fingerprint density at radius 1 is 0.564 bits per heavy atom. The number of hydrogen-bond acceptors (Lipinski definition) is 4. The SMILES string of the molecule is CC(C)(C)c1ccc(-c2cncc(C(c3cncc(-c4ccc(C(C)(C)C)cc4)n3)C3CCCCC3)n2)cc1. The maximum Gasteiger partial charge on any atom is 0.0888 e. The summed E-state index contributed by atoms with van der Waals surface area (Å²) >= 11 is 0. The molecule has 4 heteroatoms. The van der Waals surface area contributed by atoms with Gasteiger partial charge in [-0.05, 0) is 40.7 Å². The highest BCUT2D eigenvalue weighted by atomic mass is 14.8. The predicted octanol–water partition coefficient (Wildman–Crippen LogP) is 8.91. The molecular formula is C35H42N4. The Balaban J connectivity index is 1.51. The Morgan fingerprint density at radius 3 is 1.36 bits per heavy atom. The quantitative estimate of drug-likeness (QED) is 0.265. The van der Waals surface area contributed by atoms with Gasteiger partial charge in [-0.25, -0.2) is 9.97 Å². The molecule has 39 heavy (non-hydrogen) atoms. The molecule has 0 radical (unpaired) electrons. The van der Waals surface area contributed by atoms with E-state index in [0.717, 1.165) is 33.9 Å². The van der Waals surface area contributed by atoms with Crippen LogP contribution in [-0.2, 0) is 10.8 Å². The van der Waals surface area contributed by atoms with E-state index in [1.165, 1.54) is 43.2 Å². The Kier molecular flexibility index (Phi) is 7.66. The largest absolute Gasteiger partial charge is 0.261 e. The van der Waals surface area contributed by atoms with Crippen LogP contribution < -0.4 is 0 Å². The summed E-state index contributed by atoms with van der Waals surface area (Å²) in [5.74, 6) is 0.562. The second kappa shape index (κ2) is 11.0. The van der Waals surface area contributed by atoms with Gasteiger partial charge in [0.05, 0.1) is 35.2 Å². The van der Waals surface area contributed by atoms with E-state index in [-0.39, 0.29) is 16.7 Å². The van der Waals surface area contributed by atoms with E-state index in [4.69, 9.17) is 9.97 Å². The van der Waals surface area contributed by atoms with Crippen LogP contribution in [0, 0.1) is 5.92 Å². The summed E-state index contributed by atoms with van der Waals surface area (Å²) in [6, 6.07) is 17.5. The van der Waals surface area contributed by atoms with Crippen LogP contribution in [0.25, 0.3) is 22.5 Å². The second-order valence-corrected chi connectivity index (χ2v) is 13.2. The zero-order valence-corrected chi connectivity index (χ0v) is 24.4. The molecule has 2 aromatic heterocycles. The first-order chi connectivity index (χ1) is 18.6. The van der Waals surface area contributed by atoms with Crippen LogP contribution in [0.4, 0.5) is 0 Å². The fourth-order valence-electron chi connectivity index (χ4n) is 5.72. The summed E-state index contributed by atoms with van der Waals surface area (Å²) in [4.78, 5) is 19.7. The van der Waals surface area contributed by atoms with Crippen LogP contribution in [0.1, 0.15) is 102 Å². The van der Waals surface area contributed by atoms with Gasteiger partial charge in [-0.2, -0.15) is 0 Å². The third kappa shape index (κ3) is 6.27. The first-order valence-electron chi connectivity index (χ1n) is 14.5. The molecule has 2 aromatic carbocycles. The van der Waals surface area contributed by atoms with Gasteiger partial charge in [0.2, 0.25) is 0 Å². The fraction of sp³-hybridized carbons (Fsp3) is 0.429. The molecule has 5 rings (SSSR count). The zero-order chi connectivity index (χ0) is 27.6. The number of aromatic nitrogens is 4. The first-order valence-corrected chi connectivity index (χ1v) is 14.5. The van der Waals surface area contributed by atoms with Gasteiger partial charge in [-0.15, -0.1) is 0 Å². The molecule has 0 unspecified atom stereocenters. The van der Waals surface area contributed by atoms with Gasteiger partial charge < -0.3 is 0 Å². The van der Waals surface area contributed by atoms with Gasteiger partial charge in [0.1, 0.15) is 0 Å². The molecule has 0 N–H and O–H groups in total. The van der Waals surface area contributed by atoms with Crippen molar-refractivity contribution >= 4 is 0 Å². The minimum absolute atomic E-state index is 0.0768. The molecule has 1 fully saturated rings. The van der Waals surface area contributed by atoms with Crippen LogP contribution >= 0.6 is 0 Å². The van der Waals surface area contributed by atoms with Crippen molar-refractivity contribution in [2.75, 3.05) is 0 Å². The van der Waals surface area contributed by atoms with Gasteiger partial charge >= 0.3 is 0 Å². The maximum atomic E-state index is 5.20. The van der Waals surface area contributed by atoms with Crippen molar-refractivity contribution in [1.29, 1.82) is 0 Å². The van der Waals surface area contributed by atoms with Crippen molar-refractivity contribution in [3.63, 3.8) is 0 Å². The molecule has 0 spiro atoms. The first kappa shape index (κ1) is 27.2. The summed E-state index contributed by atoms with van der Waals surface area (Å²) in [5.41, 5.74) is 8.88. The number of rotatable bonds is 5. The molecule has 0 aliphatic heterocycles. The Bertz CT molecular complexity index is 1290. The molecule has 0 atom stereocenters. The monoisotopic (exact) mass is 518 g/mol. The van der Waals surface area contributed by atoms with Crippen molar-refractivity contribution in [1.82, 2.24) is 19.9 Å². The van der Waals surface area contributed by atoms with Gasteiger partial charge in [0, 0.05) is 29.4 Å². The summed E-state index contributed by atoms with van der Waals surface area (Å²) < 4.78 is 0. The molecular weight excluding hydrogens is 476 g/mol. The van der Waals surface area contributed by atoms with Crippen molar-refractivity contribution in [3.05, 3.63) is 95.8 Å². The van der Waals surface area contributed by atoms with E-state index in [1.807, 2.05) is 24.8 Å². The van der Waals surface area contributed by atoms with Crippen LogP contribution in [0.3, 0.4) is 0 Å². The lowest BCUT2D eigenvalue weighted by molar-refractivity contribution is 0.321. The number of benzene rings is 2. The third-order valence-corrected chi connectivity index (χ3v) is 8.16. The third-order valence-electron chi connectivity index (χ3n) is 8.16. The molecule has 0 saturated heterocycles. The Labute approximate surface area is 234 Å². The maximum absolute atomic E-state index is 5.20. The van der Waals surface area contributed by atoms with E-state index < -0.39 is 0 Å². The second-order valence-electron chi connectivity index (χ2n) is 13.2. The Hall–Kier alpha value is -3.40. The highest BCUT2D eigenvalue weighted by Gasteiger charge is 2.30. The van der Waals surface area contributed by atoms with E-state index in [9.17, 15) is 0 Å². The highest BCUT2D eigenvalue weighted by molar-refractivity contribution is 5.60. The van der Waals surface area contributed by atoms with E-state index in [1.54, 1.807) is 0 Å². The van der Waals surface area contributed by atoms with Crippen molar-refractivity contribution in [3.8, 4) is 22.5 Å². The van der Waals surface area contributed by atoms with Crippen LogP contribution in [0.15, 0.2) is 73.3 Å². The summed E-state index contributed by atoms with van der Waals surface area (Å²) in [6.45, 7) is 13.4. The molecule has 1 aliphatic rings. The number of hydrogen-bond donors (Lipinski definition) is 0. The summed E-state index contributed by atoms with van der Waals surface area (Å²) in [7, 11) is 0. The van der Waals surface area contributed by atoms with E-state index in [0.29, 0.717) is 5.92 Å². The molecule has 4 aromatic rings. The van der Waals surface area contributed by atoms with E-state index >= 15 is 0 Å². The van der Waals surface area contributed by atoms with Gasteiger partial charge in [-0.1, -0.05) is 109 Å². The van der Waals surface area contributed by atoms with Crippen LogP contribution in [0.2, 0.25) is 0 Å². The standard InChI is InChI=1S/C35H42N4/c1-34(2,3)27-16-12-24(13-17-27)29-20-36-22-31(38-29)33(26-10-8-7-9-11-26)32-23-37-21-30(39-32)25-14-18-28(19-15-25)35(4,5)6/h12-23,26,33H,7-11H2,1-6H3. The normalized spacial score (nSPS) is 15.1. The highest BCUT2D eigenvalue weighted by Crippen LogP contribution is 2.40. The smallest absolute Gasteiger partial charge is 0.0888 e. The summed E-state index contributed by atoms with van der Waals surface area (Å²) in [5, 5.41) is 0. The lowest BCUT2D eigenvalue weighted by Gasteiger charge is -2.29. The molecule has 2 heterocycles. The van der Waals surface area contributed by atoms with Gasteiger partial charge in [-0.3, -0.25) is 9.97 Å². The Morgan fingerprint density at radius 2 is 0.974 bits per heavy atom. The predicted molar refractivity (Wildman–Crippen MR) is 161 cm³/mol. The molecule has 0 bridgehead atoms. The minimum Gasteiger partial charge on any atom is -0.261 e. The zero-order valence-electron chi connectivity index (χ0n) is 24.4. The van der Waals surface area contributed by atoms with Gasteiger partial charge in [0.15, 0.2) is 0 Å².